The summed E-state index contributed by atoms with van der Waals surface area (Å²) >= 11 is 0. The summed E-state index contributed by atoms with van der Waals surface area (Å²) in [5, 5.41) is 4.12. The molecule has 4 rings (SSSR count). The maximum atomic E-state index is 12.7. The van der Waals surface area contributed by atoms with Crippen molar-refractivity contribution in [2.24, 2.45) is 0 Å². The number of carbonyl (C=O) groups is 1. The number of rotatable bonds is 6. The van der Waals surface area contributed by atoms with Crippen molar-refractivity contribution in [3.8, 4) is 17.4 Å². The number of likely N-dealkylation sites (tertiary alicyclic amines) is 1. The highest BCUT2D eigenvalue weighted by Crippen LogP contribution is 2.33. The van der Waals surface area contributed by atoms with Crippen LogP contribution in [0.1, 0.15) is 24.5 Å². The van der Waals surface area contributed by atoms with Crippen molar-refractivity contribution >= 4 is 5.91 Å². The van der Waals surface area contributed by atoms with Crippen molar-refractivity contribution in [1.82, 2.24) is 24.6 Å². The summed E-state index contributed by atoms with van der Waals surface area (Å²) in [4.78, 5) is 23.5. The maximum absolute atomic E-state index is 12.7. The third-order valence-electron chi connectivity index (χ3n) is 4.98. The van der Waals surface area contributed by atoms with Crippen LogP contribution in [0.2, 0.25) is 0 Å². The van der Waals surface area contributed by atoms with Crippen LogP contribution in [0.25, 0.3) is 0 Å². The normalized spacial score (nSPS) is 16.4. The van der Waals surface area contributed by atoms with Gasteiger partial charge in [0.2, 0.25) is 11.8 Å². The first-order valence-corrected chi connectivity index (χ1v) is 9.61. The van der Waals surface area contributed by atoms with E-state index in [1.165, 1.54) is 0 Å². The second-order valence-electron chi connectivity index (χ2n) is 6.91. The van der Waals surface area contributed by atoms with Crippen LogP contribution in [0.5, 0.6) is 17.4 Å². The number of amides is 1. The second kappa shape index (κ2) is 8.72. The molecule has 0 N–H and O–H groups in total. The Labute approximate surface area is 169 Å². The number of aromatic nitrogens is 4. The third kappa shape index (κ3) is 4.53. The molecule has 1 aliphatic rings. The first-order valence-electron chi connectivity index (χ1n) is 9.61. The molecular weight excluding hydrogens is 370 g/mol. The lowest BCUT2D eigenvalue weighted by Gasteiger charge is -2.32. The number of hydrogen-bond donors (Lipinski definition) is 0. The first-order chi connectivity index (χ1) is 14.2. The van der Waals surface area contributed by atoms with Crippen molar-refractivity contribution in [2.45, 2.75) is 25.3 Å². The fourth-order valence-corrected chi connectivity index (χ4v) is 3.51. The van der Waals surface area contributed by atoms with E-state index < -0.39 is 0 Å². The minimum Gasteiger partial charge on any atom is -0.497 e. The highest BCUT2D eigenvalue weighted by atomic mass is 16.5. The van der Waals surface area contributed by atoms with Gasteiger partial charge < -0.3 is 14.4 Å². The molecule has 1 fully saturated rings. The van der Waals surface area contributed by atoms with Crippen LogP contribution in [0.15, 0.2) is 55.1 Å². The predicted molar refractivity (Wildman–Crippen MR) is 106 cm³/mol. The van der Waals surface area contributed by atoms with E-state index in [4.69, 9.17) is 9.47 Å². The van der Waals surface area contributed by atoms with E-state index >= 15 is 0 Å². The largest absolute Gasteiger partial charge is 0.497 e. The predicted octanol–water partition coefficient (Wildman–Crippen LogP) is 2.88. The van der Waals surface area contributed by atoms with Gasteiger partial charge in [0.15, 0.2) is 0 Å². The summed E-state index contributed by atoms with van der Waals surface area (Å²) in [5.41, 5.74) is 0.778. The smallest absolute Gasteiger partial charge is 0.244 e. The lowest BCUT2D eigenvalue weighted by Crippen LogP contribution is -2.41. The molecule has 3 aromatic rings. The van der Waals surface area contributed by atoms with Gasteiger partial charge in [-0.25, -0.2) is 4.98 Å². The van der Waals surface area contributed by atoms with E-state index in [2.05, 4.69) is 15.1 Å². The van der Waals surface area contributed by atoms with Gasteiger partial charge in [-0.1, -0.05) is 0 Å². The number of nitrogens with zero attached hydrogens (tertiary/aromatic N) is 5. The van der Waals surface area contributed by atoms with E-state index in [0.717, 1.165) is 30.8 Å². The summed E-state index contributed by atoms with van der Waals surface area (Å²) in [5.74, 6) is 2.03. The minimum absolute atomic E-state index is 0.0555. The second-order valence-corrected chi connectivity index (χ2v) is 6.91. The lowest BCUT2D eigenvalue weighted by molar-refractivity contribution is -0.133. The van der Waals surface area contributed by atoms with Gasteiger partial charge in [0.1, 0.15) is 23.7 Å². The molecule has 8 heteroatoms. The van der Waals surface area contributed by atoms with Crippen LogP contribution in [0.4, 0.5) is 0 Å². The van der Waals surface area contributed by atoms with Gasteiger partial charge >= 0.3 is 0 Å². The van der Waals surface area contributed by atoms with Gasteiger partial charge in [-0.15, -0.1) is 0 Å². The van der Waals surface area contributed by atoms with Crippen molar-refractivity contribution in [3.63, 3.8) is 0 Å². The average Bonchev–Trinajstić information content (AvgIpc) is 3.28. The molecule has 29 heavy (non-hydrogen) atoms. The Bertz CT molecular complexity index is 943. The summed E-state index contributed by atoms with van der Waals surface area (Å²) in [6.45, 7) is 1.58. The van der Waals surface area contributed by atoms with Crippen LogP contribution < -0.4 is 9.47 Å². The molecule has 0 aliphatic carbocycles. The molecule has 1 aliphatic heterocycles. The fourth-order valence-electron chi connectivity index (χ4n) is 3.51. The zero-order valence-electron chi connectivity index (χ0n) is 16.3. The van der Waals surface area contributed by atoms with Crippen molar-refractivity contribution in [1.29, 1.82) is 0 Å². The lowest BCUT2D eigenvalue weighted by atomic mass is 9.94. The van der Waals surface area contributed by atoms with Crippen molar-refractivity contribution in [3.05, 3.63) is 60.8 Å². The highest BCUT2D eigenvalue weighted by molar-refractivity contribution is 5.76. The molecule has 1 saturated heterocycles. The van der Waals surface area contributed by atoms with E-state index in [1.54, 1.807) is 36.6 Å². The molecule has 1 aromatic carbocycles. The van der Waals surface area contributed by atoms with Crippen molar-refractivity contribution < 1.29 is 14.3 Å². The molecule has 1 amide bonds. The van der Waals surface area contributed by atoms with Gasteiger partial charge in [0, 0.05) is 43.8 Å². The number of benzene rings is 1. The molecule has 150 valence electrons. The standard InChI is InChI=1S/C21H23N5O3/c1-28-17-5-7-18(8-6-17)29-21-20(22-10-11-23-21)16-4-2-12-25(14-16)19(27)15-26-13-3-9-24-26/h3,5-11,13,16H,2,4,12,14-15H2,1H3/t16-/m0/s1. The Morgan fingerprint density at radius 1 is 1.14 bits per heavy atom. The Balaban J connectivity index is 1.48. The van der Waals surface area contributed by atoms with Crippen LogP contribution >= 0.6 is 0 Å². The zero-order valence-corrected chi connectivity index (χ0v) is 16.3. The molecule has 1 atom stereocenters. The molecule has 3 heterocycles. The number of ether oxygens (including phenoxy) is 2. The van der Waals surface area contributed by atoms with E-state index in [0.29, 0.717) is 18.2 Å². The summed E-state index contributed by atoms with van der Waals surface area (Å²) in [6.07, 6.45) is 8.60. The number of piperidine rings is 1. The average molecular weight is 393 g/mol. The van der Waals surface area contributed by atoms with E-state index in [9.17, 15) is 4.79 Å². The molecule has 0 bridgehead atoms. The molecule has 0 radical (unpaired) electrons. The van der Waals surface area contributed by atoms with Gasteiger partial charge in [0.05, 0.1) is 7.11 Å². The van der Waals surface area contributed by atoms with Gasteiger partial charge in [0.25, 0.3) is 0 Å². The highest BCUT2D eigenvalue weighted by Gasteiger charge is 2.28. The van der Waals surface area contributed by atoms with Gasteiger partial charge in [-0.3, -0.25) is 14.5 Å². The minimum atomic E-state index is 0.0555. The summed E-state index contributed by atoms with van der Waals surface area (Å²) < 4.78 is 12.8. The molecule has 8 nitrogen and oxygen atoms in total. The topological polar surface area (TPSA) is 82.4 Å². The Hall–Kier alpha value is -3.42. The molecule has 0 saturated carbocycles. The fraction of sp³-hybridized carbons (Fsp3) is 0.333. The maximum Gasteiger partial charge on any atom is 0.244 e. The Kier molecular flexibility index (Phi) is 5.69. The first kappa shape index (κ1) is 18.9. The van der Waals surface area contributed by atoms with Crippen molar-refractivity contribution in [2.75, 3.05) is 20.2 Å². The molecule has 2 aromatic heterocycles. The third-order valence-corrected chi connectivity index (χ3v) is 4.98. The van der Waals surface area contributed by atoms with E-state index in [1.807, 2.05) is 35.2 Å². The quantitative estimate of drug-likeness (QED) is 0.640. The van der Waals surface area contributed by atoms with Crippen LogP contribution in [-0.4, -0.2) is 50.8 Å². The number of hydrogen-bond acceptors (Lipinski definition) is 6. The monoisotopic (exact) mass is 393 g/mol. The summed E-state index contributed by atoms with van der Waals surface area (Å²) in [7, 11) is 1.62. The SMILES string of the molecule is COc1ccc(Oc2nccnc2[C@H]2CCCN(C(=O)Cn3cccn3)C2)cc1. The van der Waals surface area contributed by atoms with Crippen LogP contribution in [-0.2, 0) is 11.3 Å². The molecular formula is C21H23N5O3. The zero-order chi connectivity index (χ0) is 20.1. The van der Waals surface area contributed by atoms with Crippen LogP contribution in [0.3, 0.4) is 0 Å². The Morgan fingerprint density at radius 2 is 1.93 bits per heavy atom. The molecule has 0 unspecified atom stereocenters. The summed E-state index contributed by atoms with van der Waals surface area (Å²) in [6, 6.07) is 9.15. The Morgan fingerprint density at radius 3 is 2.69 bits per heavy atom. The van der Waals surface area contributed by atoms with Crippen LogP contribution in [0, 0.1) is 0 Å². The van der Waals surface area contributed by atoms with E-state index in [-0.39, 0.29) is 18.4 Å². The number of methoxy groups -OCH3 is 1. The molecule has 0 spiro atoms. The van der Waals surface area contributed by atoms with Gasteiger partial charge in [-0.2, -0.15) is 5.10 Å². The van der Waals surface area contributed by atoms with Gasteiger partial charge in [-0.05, 0) is 43.2 Å². The number of carbonyl (C=O) groups excluding carboxylic acids is 1.